The summed E-state index contributed by atoms with van der Waals surface area (Å²) < 4.78 is 5.91. The number of benzene rings is 1. The molecular weight excluding hydrogens is 252 g/mol. The molecule has 0 aromatic heterocycles. The predicted octanol–water partition coefficient (Wildman–Crippen LogP) is 2.48. The highest BCUT2D eigenvalue weighted by molar-refractivity contribution is 5.94. The largest absolute Gasteiger partial charge is 0.490 e. The van der Waals surface area contributed by atoms with Crippen LogP contribution in [-0.2, 0) is 0 Å². The minimum atomic E-state index is -0.0671. The molecule has 20 heavy (non-hydrogen) atoms. The van der Waals surface area contributed by atoms with Crippen molar-refractivity contribution in [3.05, 3.63) is 29.8 Å². The fourth-order valence-electron chi connectivity index (χ4n) is 2.42. The Morgan fingerprint density at radius 2 is 2.20 bits per heavy atom. The molecule has 4 heteroatoms. The first-order valence-electron chi connectivity index (χ1n) is 7.45. The maximum absolute atomic E-state index is 12.0. The smallest absolute Gasteiger partial charge is 0.251 e. The summed E-state index contributed by atoms with van der Waals surface area (Å²) >= 11 is 0. The van der Waals surface area contributed by atoms with Crippen molar-refractivity contribution in [3.8, 4) is 5.75 Å². The molecule has 0 aliphatic heterocycles. The highest BCUT2D eigenvalue weighted by Gasteiger charge is 2.17. The van der Waals surface area contributed by atoms with Crippen molar-refractivity contribution in [2.24, 2.45) is 5.73 Å². The van der Waals surface area contributed by atoms with Crippen LogP contribution in [0.4, 0.5) is 0 Å². The number of hydrogen-bond acceptors (Lipinski definition) is 3. The Bertz CT molecular complexity index is 440. The van der Waals surface area contributed by atoms with Crippen molar-refractivity contribution in [3.63, 3.8) is 0 Å². The van der Waals surface area contributed by atoms with Crippen LogP contribution in [0.5, 0.6) is 5.75 Å². The fourth-order valence-corrected chi connectivity index (χ4v) is 2.42. The second-order valence-corrected chi connectivity index (χ2v) is 5.57. The highest BCUT2D eigenvalue weighted by Crippen LogP contribution is 2.24. The van der Waals surface area contributed by atoms with Crippen LogP contribution in [0.25, 0.3) is 0 Å². The third-order valence-corrected chi connectivity index (χ3v) is 3.59. The summed E-state index contributed by atoms with van der Waals surface area (Å²) in [5.41, 5.74) is 6.31. The van der Waals surface area contributed by atoms with Crippen LogP contribution in [-0.4, -0.2) is 24.6 Å². The molecule has 1 fully saturated rings. The van der Waals surface area contributed by atoms with Gasteiger partial charge in [0.2, 0.25) is 0 Å². The van der Waals surface area contributed by atoms with Crippen molar-refractivity contribution >= 4 is 5.91 Å². The first-order valence-corrected chi connectivity index (χ1v) is 7.45. The molecule has 1 aliphatic carbocycles. The van der Waals surface area contributed by atoms with Crippen LogP contribution >= 0.6 is 0 Å². The van der Waals surface area contributed by atoms with Gasteiger partial charge in [0, 0.05) is 18.2 Å². The molecule has 0 heterocycles. The third-order valence-electron chi connectivity index (χ3n) is 3.59. The van der Waals surface area contributed by atoms with Gasteiger partial charge in [-0.2, -0.15) is 0 Å². The number of ether oxygens (including phenoxy) is 1. The van der Waals surface area contributed by atoms with E-state index < -0.39 is 0 Å². The molecule has 2 rings (SSSR count). The van der Waals surface area contributed by atoms with Gasteiger partial charge in [0.25, 0.3) is 5.91 Å². The van der Waals surface area contributed by atoms with E-state index in [0.717, 1.165) is 25.0 Å². The van der Waals surface area contributed by atoms with E-state index >= 15 is 0 Å². The molecule has 1 aromatic rings. The molecule has 1 aromatic carbocycles. The van der Waals surface area contributed by atoms with Gasteiger partial charge in [-0.1, -0.05) is 6.07 Å². The fraction of sp³-hybridized carbons (Fsp3) is 0.562. The average Bonchev–Trinajstić information content (AvgIpc) is 2.91. The van der Waals surface area contributed by atoms with Gasteiger partial charge in [0.05, 0.1) is 6.10 Å². The van der Waals surface area contributed by atoms with Gasteiger partial charge < -0.3 is 15.8 Å². The lowest BCUT2D eigenvalue weighted by atomic mass is 10.2. The van der Waals surface area contributed by atoms with E-state index in [1.54, 1.807) is 0 Å². The van der Waals surface area contributed by atoms with E-state index in [2.05, 4.69) is 5.32 Å². The molecule has 0 spiro atoms. The monoisotopic (exact) mass is 276 g/mol. The van der Waals surface area contributed by atoms with Gasteiger partial charge in [-0.3, -0.25) is 4.79 Å². The quantitative estimate of drug-likeness (QED) is 0.839. The molecule has 1 aliphatic rings. The topological polar surface area (TPSA) is 64.3 Å². The van der Waals surface area contributed by atoms with Crippen LogP contribution in [0.1, 0.15) is 49.4 Å². The van der Waals surface area contributed by atoms with E-state index in [-0.39, 0.29) is 11.9 Å². The van der Waals surface area contributed by atoms with Crippen LogP contribution in [0.2, 0.25) is 0 Å². The average molecular weight is 276 g/mol. The number of carbonyl (C=O) groups excluding carboxylic acids is 1. The number of amides is 1. The lowest BCUT2D eigenvalue weighted by Crippen LogP contribution is -2.28. The van der Waals surface area contributed by atoms with Crippen LogP contribution in [0, 0.1) is 0 Å². The predicted molar refractivity (Wildman–Crippen MR) is 79.9 cm³/mol. The number of hydrogen-bond donors (Lipinski definition) is 2. The molecule has 1 atom stereocenters. The summed E-state index contributed by atoms with van der Waals surface area (Å²) in [5.74, 6) is 0.722. The van der Waals surface area contributed by atoms with E-state index in [1.165, 1.54) is 12.8 Å². The van der Waals surface area contributed by atoms with Gasteiger partial charge >= 0.3 is 0 Å². The Hall–Kier alpha value is -1.55. The molecule has 1 amide bonds. The maximum atomic E-state index is 12.0. The Morgan fingerprint density at radius 3 is 2.90 bits per heavy atom. The summed E-state index contributed by atoms with van der Waals surface area (Å²) in [6.07, 6.45) is 5.80. The summed E-state index contributed by atoms with van der Waals surface area (Å²) in [6, 6.07) is 7.51. The third kappa shape index (κ3) is 4.53. The van der Waals surface area contributed by atoms with E-state index in [1.807, 2.05) is 31.2 Å². The maximum Gasteiger partial charge on any atom is 0.251 e. The zero-order valence-corrected chi connectivity index (χ0v) is 12.1. The Balaban J connectivity index is 1.89. The van der Waals surface area contributed by atoms with E-state index in [0.29, 0.717) is 18.2 Å². The summed E-state index contributed by atoms with van der Waals surface area (Å²) in [4.78, 5) is 12.0. The zero-order chi connectivity index (χ0) is 14.4. The van der Waals surface area contributed by atoms with Crippen LogP contribution < -0.4 is 15.8 Å². The van der Waals surface area contributed by atoms with Crippen molar-refractivity contribution < 1.29 is 9.53 Å². The lowest BCUT2D eigenvalue weighted by Gasteiger charge is -2.14. The zero-order valence-electron chi connectivity index (χ0n) is 12.1. The minimum Gasteiger partial charge on any atom is -0.490 e. The summed E-state index contributed by atoms with van der Waals surface area (Å²) in [5, 5.41) is 2.88. The molecular formula is C16H24N2O2. The molecule has 0 radical (unpaired) electrons. The van der Waals surface area contributed by atoms with Crippen molar-refractivity contribution in [2.45, 2.75) is 51.2 Å². The molecule has 0 saturated heterocycles. The Labute approximate surface area is 120 Å². The van der Waals surface area contributed by atoms with Gasteiger partial charge in [-0.05, 0) is 57.2 Å². The van der Waals surface area contributed by atoms with Crippen molar-refractivity contribution in [2.75, 3.05) is 6.54 Å². The highest BCUT2D eigenvalue weighted by atomic mass is 16.5. The number of carbonyl (C=O) groups is 1. The standard InChI is InChI=1S/C16H24N2O2/c1-12(17)9-10-18-16(19)13-5-4-8-15(11-13)20-14-6-2-3-7-14/h4-5,8,11-12,14H,2-3,6-7,9-10,17H2,1H3,(H,18,19). The lowest BCUT2D eigenvalue weighted by molar-refractivity contribution is 0.0952. The second kappa shape index (κ2) is 7.29. The molecule has 110 valence electrons. The van der Waals surface area contributed by atoms with E-state index in [4.69, 9.17) is 10.5 Å². The molecule has 1 unspecified atom stereocenters. The van der Waals surface area contributed by atoms with Gasteiger partial charge in [-0.15, -0.1) is 0 Å². The first kappa shape index (κ1) is 14.9. The van der Waals surface area contributed by atoms with E-state index in [9.17, 15) is 4.79 Å². The SMILES string of the molecule is CC(N)CCNC(=O)c1cccc(OC2CCCC2)c1. The molecule has 0 bridgehead atoms. The van der Waals surface area contributed by atoms with Gasteiger partial charge in [0.1, 0.15) is 5.75 Å². The van der Waals surface area contributed by atoms with Gasteiger partial charge in [-0.25, -0.2) is 0 Å². The number of nitrogens with two attached hydrogens (primary N) is 1. The Morgan fingerprint density at radius 1 is 1.45 bits per heavy atom. The summed E-state index contributed by atoms with van der Waals surface area (Å²) in [7, 11) is 0. The normalized spacial score (nSPS) is 16.9. The van der Waals surface area contributed by atoms with Gasteiger partial charge in [0.15, 0.2) is 0 Å². The Kier molecular flexibility index (Phi) is 5.41. The van der Waals surface area contributed by atoms with Crippen molar-refractivity contribution in [1.82, 2.24) is 5.32 Å². The molecule has 3 N–H and O–H groups in total. The first-order chi connectivity index (χ1) is 9.65. The molecule has 4 nitrogen and oxygen atoms in total. The van der Waals surface area contributed by atoms with Crippen molar-refractivity contribution in [1.29, 1.82) is 0 Å². The van der Waals surface area contributed by atoms with Crippen LogP contribution in [0.3, 0.4) is 0 Å². The number of rotatable bonds is 6. The summed E-state index contributed by atoms with van der Waals surface area (Å²) in [6.45, 7) is 2.53. The minimum absolute atomic E-state index is 0.0671. The number of nitrogens with one attached hydrogen (secondary N) is 1. The second-order valence-electron chi connectivity index (χ2n) is 5.57. The van der Waals surface area contributed by atoms with Crippen LogP contribution in [0.15, 0.2) is 24.3 Å². The molecule has 1 saturated carbocycles.